The van der Waals surface area contributed by atoms with Gasteiger partial charge in [0, 0.05) is 89.5 Å². The van der Waals surface area contributed by atoms with E-state index >= 15 is 0 Å². The van der Waals surface area contributed by atoms with Crippen molar-refractivity contribution in [1.82, 2.24) is 4.90 Å². The van der Waals surface area contributed by atoms with Crippen LogP contribution in [0.5, 0.6) is 17.2 Å². The molecule has 2 atom stereocenters. The van der Waals surface area contributed by atoms with Gasteiger partial charge in [-0.25, -0.2) is 9.13 Å². The number of carbonyl (C=O) groups excluding carboxylic acids is 4. The van der Waals surface area contributed by atoms with Gasteiger partial charge in [0.2, 0.25) is 0 Å². The topological polar surface area (TPSA) is 221 Å². The Kier molecular flexibility index (Phi) is 12.6. The van der Waals surface area contributed by atoms with E-state index in [9.17, 15) is 47.9 Å². The Morgan fingerprint density at radius 3 is 1.59 bits per heavy atom. The molecule has 0 unspecified atom stereocenters. The number of anilines is 2. The number of amides is 4. The van der Waals surface area contributed by atoms with Gasteiger partial charge in [-0.2, -0.15) is 0 Å². The minimum atomic E-state index is -4.98. The molecule has 0 bridgehead atoms. The quantitative estimate of drug-likeness (QED) is 0.0382. The van der Waals surface area contributed by atoms with Crippen molar-refractivity contribution in [3.63, 3.8) is 0 Å². The van der Waals surface area contributed by atoms with E-state index in [1.54, 1.807) is 66.7 Å². The van der Waals surface area contributed by atoms with Crippen molar-refractivity contribution < 1.29 is 61.7 Å². The summed E-state index contributed by atoms with van der Waals surface area (Å²) in [4.78, 5) is 94.8. The first-order valence-corrected chi connectivity index (χ1v) is 23.7. The highest BCUT2D eigenvalue weighted by Crippen LogP contribution is 2.51. The largest absolute Gasteiger partial charge is 0.524 e. The van der Waals surface area contributed by atoms with E-state index in [0.29, 0.717) is 44.0 Å². The van der Waals surface area contributed by atoms with Crippen molar-refractivity contribution in [3.05, 3.63) is 125 Å². The molecule has 0 radical (unpaired) electrons. The molecule has 4 N–H and O–H groups in total. The van der Waals surface area contributed by atoms with Gasteiger partial charge >= 0.3 is 15.6 Å². The number of phosphoric acid groups is 2. The molecule has 64 heavy (non-hydrogen) atoms. The van der Waals surface area contributed by atoms with Crippen LogP contribution in [0.3, 0.4) is 0 Å². The SMILES string of the molecule is O=C1C=CC(=O)N1CCOc1cc(/C=C/C(=O)N2C[C@@H](CCl)c3c2cc(OP(=O)(O)O)c2ccccc32)ccc1/C=C/C(=O)N1C[C@@H](CCl)c2c1cc(OP(=O)(O)O)c1ccccc21. The van der Waals surface area contributed by atoms with E-state index in [2.05, 4.69) is 0 Å². The van der Waals surface area contributed by atoms with Gasteiger partial charge in [0.1, 0.15) is 23.9 Å². The molecule has 3 aliphatic heterocycles. The Morgan fingerprint density at radius 2 is 1.12 bits per heavy atom. The molecule has 0 saturated carbocycles. The van der Waals surface area contributed by atoms with Gasteiger partial charge in [-0.3, -0.25) is 43.7 Å². The number of nitrogens with zero attached hydrogens (tertiary/aromatic N) is 3. The standard InChI is InChI=1S/C44H37Cl2N3O13P2/c45-22-28-24-48(34-20-37(61-63(54,55)56)30-5-1-3-7-32(30)43(28)34)41(52)13-10-26-9-11-27(36(19-26)60-18-17-47-39(50)15-16-40(47)51)12-14-42(53)49-25-29(23-46)44-33-8-4-2-6-31(33)38(21-35(44)49)62-64(57,58)59/h1-16,19-21,28-29H,17-18,22-25H2,(H2,54,55,56)(H2,57,58,59)/b13-10+,14-12+/t28-,29-/m1/s1. The Balaban J connectivity index is 1.09. The van der Waals surface area contributed by atoms with Gasteiger partial charge in [0.05, 0.1) is 17.9 Å². The zero-order valence-electron chi connectivity index (χ0n) is 33.3. The van der Waals surface area contributed by atoms with Crippen LogP contribution in [0, 0.1) is 0 Å². The van der Waals surface area contributed by atoms with E-state index in [4.69, 9.17) is 37.0 Å². The summed E-state index contributed by atoms with van der Waals surface area (Å²) >= 11 is 12.8. The van der Waals surface area contributed by atoms with E-state index in [1.165, 1.54) is 46.2 Å². The molecule has 0 spiro atoms. The Bertz CT molecular complexity index is 2930. The van der Waals surface area contributed by atoms with Gasteiger partial charge in [-0.15, -0.1) is 23.2 Å². The molecule has 3 heterocycles. The molecule has 330 valence electrons. The summed E-state index contributed by atoms with van der Waals surface area (Å²) in [6.07, 6.45) is 7.95. The maximum absolute atomic E-state index is 14.0. The van der Waals surface area contributed by atoms with Gasteiger partial charge in [-0.1, -0.05) is 60.7 Å². The molecular weight excluding hydrogens is 911 g/mol. The van der Waals surface area contributed by atoms with E-state index in [0.717, 1.165) is 28.2 Å². The van der Waals surface area contributed by atoms with Crippen LogP contribution in [-0.4, -0.2) is 86.1 Å². The fraction of sp³-hybridized carbons (Fsp3) is 0.182. The zero-order chi connectivity index (χ0) is 45.5. The third-order valence-electron chi connectivity index (χ3n) is 10.9. The zero-order valence-corrected chi connectivity index (χ0v) is 36.6. The van der Waals surface area contributed by atoms with E-state index in [1.807, 2.05) is 0 Å². The first kappa shape index (κ1) is 44.8. The summed E-state index contributed by atoms with van der Waals surface area (Å²) in [5.74, 6) is -2.23. The lowest BCUT2D eigenvalue weighted by Gasteiger charge is -2.19. The molecule has 0 saturated heterocycles. The van der Waals surface area contributed by atoms with Gasteiger partial charge in [0.15, 0.2) is 0 Å². The summed E-state index contributed by atoms with van der Waals surface area (Å²) in [6, 6.07) is 21.5. The minimum Gasteiger partial charge on any atom is -0.491 e. The number of carbonyl (C=O) groups is 4. The summed E-state index contributed by atoms with van der Waals surface area (Å²) in [5.41, 5.74) is 3.11. The highest BCUT2D eigenvalue weighted by Gasteiger charge is 2.36. The second-order valence-electron chi connectivity index (χ2n) is 14.9. The summed E-state index contributed by atoms with van der Waals surface area (Å²) in [6.45, 7) is 0.145. The molecule has 0 fully saturated rings. The number of fused-ring (bicyclic) bond motifs is 6. The predicted octanol–water partition coefficient (Wildman–Crippen LogP) is 7.00. The third kappa shape index (κ3) is 9.23. The number of halogens is 2. The van der Waals surface area contributed by atoms with Crippen LogP contribution in [0.2, 0.25) is 0 Å². The van der Waals surface area contributed by atoms with Crippen LogP contribution in [0.25, 0.3) is 33.7 Å². The second kappa shape index (κ2) is 18.0. The lowest BCUT2D eigenvalue weighted by atomic mass is 9.95. The van der Waals surface area contributed by atoms with Gasteiger partial charge in [-0.05, 0) is 45.7 Å². The van der Waals surface area contributed by atoms with Crippen LogP contribution >= 0.6 is 38.8 Å². The second-order valence-corrected chi connectivity index (χ2v) is 17.9. The van der Waals surface area contributed by atoms with Crippen molar-refractivity contribution >= 4 is 108 Å². The fourth-order valence-electron chi connectivity index (χ4n) is 8.23. The summed E-state index contributed by atoms with van der Waals surface area (Å²) in [7, 11) is -9.95. The molecule has 5 aromatic carbocycles. The van der Waals surface area contributed by atoms with Crippen LogP contribution in [0.4, 0.5) is 11.4 Å². The number of hydrogen-bond acceptors (Lipinski definition) is 9. The molecule has 16 nitrogen and oxygen atoms in total. The number of imide groups is 1. The molecule has 4 amide bonds. The van der Waals surface area contributed by atoms with E-state index in [-0.39, 0.29) is 67.1 Å². The van der Waals surface area contributed by atoms with Crippen LogP contribution < -0.4 is 23.6 Å². The number of ether oxygens (including phenoxy) is 1. The van der Waals surface area contributed by atoms with Crippen LogP contribution in [0.1, 0.15) is 34.1 Å². The normalized spacial score (nSPS) is 17.4. The Morgan fingerprint density at radius 1 is 0.656 bits per heavy atom. The van der Waals surface area contributed by atoms with Crippen molar-refractivity contribution in [2.75, 3.05) is 47.8 Å². The monoisotopic (exact) mass is 947 g/mol. The maximum atomic E-state index is 14.0. The Labute approximate surface area is 375 Å². The molecule has 0 aliphatic carbocycles. The van der Waals surface area contributed by atoms with Crippen LogP contribution in [0.15, 0.2) is 103 Å². The Hall–Kier alpha value is -5.80. The third-order valence-corrected chi connectivity index (χ3v) is 12.5. The average Bonchev–Trinajstić information content (AvgIpc) is 3.93. The lowest BCUT2D eigenvalue weighted by molar-refractivity contribution is -0.137. The summed E-state index contributed by atoms with van der Waals surface area (Å²) < 4.78 is 40.0. The summed E-state index contributed by atoms with van der Waals surface area (Å²) in [5, 5.41) is 2.14. The number of alkyl halides is 2. The van der Waals surface area contributed by atoms with Gasteiger partial charge < -0.3 is 23.6 Å². The number of benzene rings is 5. The predicted molar refractivity (Wildman–Crippen MR) is 241 cm³/mol. The molecule has 5 aromatic rings. The average molecular weight is 949 g/mol. The van der Waals surface area contributed by atoms with Gasteiger partial charge in [0.25, 0.3) is 23.6 Å². The van der Waals surface area contributed by atoms with Crippen molar-refractivity contribution in [2.45, 2.75) is 11.8 Å². The minimum absolute atomic E-state index is 0.0822. The first-order chi connectivity index (χ1) is 30.5. The number of rotatable bonds is 14. The molecular formula is C44H37Cl2N3O13P2. The van der Waals surface area contributed by atoms with E-state index < -0.39 is 39.3 Å². The van der Waals surface area contributed by atoms with Crippen molar-refractivity contribution in [1.29, 1.82) is 0 Å². The lowest BCUT2D eigenvalue weighted by Crippen LogP contribution is -2.33. The first-order valence-electron chi connectivity index (χ1n) is 19.6. The smallest absolute Gasteiger partial charge is 0.491 e. The number of hydrogen-bond donors (Lipinski definition) is 4. The highest BCUT2D eigenvalue weighted by molar-refractivity contribution is 7.47. The molecule has 20 heteroatoms. The molecule has 8 rings (SSSR count). The van der Waals surface area contributed by atoms with Crippen molar-refractivity contribution in [3.8, 4) is 17.2 Å². The van der Waals surface area contributed by atoms with Crippen LogP contribution in [-0.2, 0) is 28.3 Å². The number of phosphoric ester groups is 2. The molecule has 3 aliphatic rings. The highest BCUT2D eigenvalue weighted by atomic mass is 35.5. The molecule has 0 aromatic heterocycles. The fourth-order valence-corrected chi connectivity index (χ4v) is 9.54. The van der Waals surface area contributed by atoms with Crippen molar-refractivity contribution in [2.24, 2.45) is 0 Å². The maximum Gasteiger partial charge on any atom is 0.524 e.